The lowest BCUT2D eigenvalue weighted by Crippen LogP contribution is -2.08. The number of oxazole rings is 1. The summed E-state index contributed by atoms with van der Waals surface area (Å²) in [5, 5.41) is 6.70. The Morgan fingerprint density at radius 2 is 2.00 bits per heavy atom. The molecular formula is C18H14N4O4. The maximum atomic E-state index is 11.6. The second-order valence-corrected chi connectivity index (χ2v) is 5.79. The summed E-state index contributed by atoms with van der Waals surface area (Å²) in [6, 6.07) is 12.4. The molecule has 0 atom stereocenters. The van der Waals surface area contributed by atoms with Crippen molar-refractivity contribution < 1.29 is 13.7 Å². The van der Waals surface area contributed by atoms with Crippen LogP contribution in [0.1, 0.15) is 6.92 Å². The van der Waals surface area contributed by atoms with Crippen LogP contribution in [0.5, 0.6) is 0 Å². The largest absolute Gasteiger partial charge is 0.419 e. The Balaban J connectivity index is 1.70. The van der Waals surface area contributed by atoms with Crippen LogP contribution in [-0.2, 0) is 11.8 Å². The smallest absolute Gasteiger partial charge is 0.408 e. The summed E-state index contributed by atoms with van der Waals surface area (Å²) in [5.74, 6) is 0.104. The minimum absolute atomic E-state index is 0.161. The number of carbonyl (C=O) groups excluding carboxylic acids is 1. The predicted molar refractivity (Wildman–Crippen MR) is 94.5 cm³/mol. The van der Waals surface area contributed by atoms with E-state index < -0.39 is 5.76 Å². The van der Waals surface area contributed by atoms with Crippen molar-refractivity contribution in [1.29, 1.82) is 0 Å². The standard InChI is InChI=1S/C18H14N4O4/c1-10(23)19-13-5-3-4-12(8-13)17-20-16(21-26-17)11-6-7-14-15(9-11)25-18(24)22(14)2/h3-9H,1-2H3,(H,19,23). The number of nitrogens with one attached hydrogen (secondary N) is 1. The summed E-state index contributed by atoms with van der Waals surface area (Å²) in [4.78, 5) is 27.2. The molecule has 0 spiro atoms. The van der Waals surface area contributed by atoms with E-state index in [-0.39, 0.29) is 5.91 Å². The molecule has 0 aliphatic rings. The number of carbonyl (C=O) groups is 1. The topological polar surface area (TPSA) is 103 Å². The van der Waals surface area contributed by atoms with Gasteiger partial charge < -0.3 is 14.3 Å². The second-order valence-electron chi connectivity index (χ2n) is 5.79. The first-order chi connectivity index (χ1) is 12.5. The number of hydrogen-bond acceptors (Lipinski definition) is 6. The number of benzene rings is 2. The lowest BCUT2D eigenvalue weighted by atomic mass is 10.2. The van der Waals surface area contributed by atoms with Crippen molar-refractivity contribution in [1.82, 2.24) is 14.7 Å². The summed E-state index contributed by atoms with van der Waals surface area (Å²) in [5.41, 5.74) is 3.13. The highest BCUT2D eigenvalue weighted by atomic mass is 16.5. The van der Waals surface area contributed by atoms with Gasteiger partial charge in [-0.2, -0.15) is 4.98 Å². The van der Waals surface area contributed by atoms with Crippen LogP contribution in [0.2, 0.25) is 0 Å². The third kappa shape index (κ3) is 2.77. The van der Waals surface area contributed by atoms with Gasteiger partial charge in [-0.1, -0.05) is 11.2 Å². The summed E-state index contributed by atoms with van der Waals surface area (Å²) >= 11 is 0. The third-order valence-corrected chi connectivity index (χ3v) is 3.91. The highest BCUT2D eigenvalue weighted by Gasteiger charge is 2.14. The molecule has 0 saturated heterocycles. The first-order valence-electron chi connectivity index (χ1n) is 7.83. The van der Waals surface area contributed by atoms with E-state index in [0.29, 0.717) is 39.6 Å². The lowest BCUT2D eigenvalue weighted by Gasteiger charge is -2.02. The van der Waals surface area contributed by atoms with Gasteiger partial charge in [0.15, 0.2) is 5.58 Å². The molecule has 2 aromatic carbocycles. The molecule has 8 nitrogen and oxygen atoms in total. The lowest BCUT2D eigenvalue weighted by molar-refractivity contribution is -0.114. The van der Waals surface area contributed by atoms with E-state index in [4.69, 9.17) is 8.94 Å². The molecule has 4 aromatic rings. The van der Waals surface area contributed by atoms with Gasteiger partial charge in [-0.05, 0) is 36.4 Å². The number of amides is 1. The van der Waals surface area contributed by atoms with Gasteiger partial charge in [0, 0.05) is 30.8 Å². The van der Waals surface area contributed by atoms with Gasteiger partial charge in [0.2, 0.25) is 11.7 Å². The van der Waals surface area contributed by atoms with Gasteiger partial charge in [-0.25, -0.2) is 4.79 Å². The van der Waals surface area contributed by atoms with Crippen LogP contribution >= 0.6 is 0 Å². The number of aromatic nitrogens is 3. The van der Waals surface area contributed by atoms with E-state index in [1.54, 1.807) is 43.4 Å². The SMILES string of the molecule is CC(=O)Nc1cccc(-c2nc(-c3ccc4c(c3)oc(=O)n4C)no2)c1. The Morgan fingerprint density at radius 3 is 2.81 bits per heavy atom. The maximum Gasteiger partial charge on any atom is 0.419 e. The van der Waals surface area contributed by atoms with E-state index in [2.05, 4.69) is 15.5 Å². The van der Waals surface area contributed by atoms with Crippen LogP contribution in [0, 0.1) is 0 Å². The van der Waals surface area contributed by atoms with Gasteiger partial charge in [0.1, 0.15) is 0 Å². The van der Waals surface area contributed by atoms with Crippen molar-refractivity contribution in [3.8, 4) is 22.8 Å². The predicted octanol–water partition coefficient (Wildman–Crippen LogP) is 2.81. The van der Waals surface area contributed by atoms with Crippen molar-refractivity contribution in [3.05, 3.63) is 53.0 Å². The number of anilines is 1. The van der Waals surface area contributed by atoms with E-state index in [1.165, 1.54) is 11.5 Å². The van der Waals surface area contributed by atoms with Gasteiger partial charge in [0.05, 0.1) is 5.52 Å². The number of aryl methyl sites for hydroxylation is 1. The van der Waals surface area contributed by atoms with Gasteiger partial charge in [0.25, 0.3) is 5.89 Å². The third-order valence-electron chi connectivity index (χ3n) is 3.91. The molecule has 0 bridgehead atoms. The first kappa shape index (κ1) is 15.8. The molecule has 4 rings (SSSR count). The monoisotopic (exact) mass is 350 g/mol. The van der Waals surface area contributed by atoms with Gasteiger partial charge in [-0.3, -0.25) is 9.36 Å². The normalized spacial score (nSPS) is 11.0. The molecule has 1 amide bonds. The molecule has 0 saturated carbocycles. The minimum atomic E-state index is -0.430. The fourth-order valence-corrected chi connectivity index (χ4v) is 2.66. The second kappa shape index (κ2) is 5.99. The summed E-state index contributed by atoms with van der Waals surface area (Å²) < 4.78 is 11.9. The Morgan fingerprint density at radius 1 is 1.15 bits per heavy atom. The quantitative estimate of drug-likeness (QED) is 0.609. The van der Waals surface area contributed by atoms with Crippen LogP contribution in [0.15, 0.2) is 56.2 Å². The molecule has 0 unspecified atom stereocenters. The average Bonchev–Trinajstić information content (AvgIpc) is 3.20. The average molecular weight is 350 g/mol. The number of nitrogens with zero attached hydrogens (tertiary/aromatic N) is 3. The molecular weight excluding hydrogens is 336 g/mol. The van der Waals surface area contributed by atoms with E-state index in [9.17, 15) is 9.59 Å². The van der Waals surface area contributed by atoms with Crippen LogP contribution < -0.4 is 11.1 Å². The van der Waals surface area contributed by atoms with Crippen molar-refractivity contribution in [3.63, 3.8) is 0 Å². The van der Waals surface area contributed by atoms with Gasteiger partial charge in [-0.15, -0.1) is 0 Å². The van der Waals surface area contributed by atoms with E-state index in [0.717, 1.165) is 0 Å². The summed E-state index contributed by atoms with van der Waals surface area (Å²) in [6.07, 6.45) is 0. The number of rotatable bonds is 3. The number of fused-ring (bicyclic) bond motifs is 1. The highest BCUT2D eigenvalue weighted by molar-refractivity contribution is 5.89. The number of hydrogen-bond donors (Lipinski definition) is 1. The molecule has 2 heterocycles. The van der Waals surface area contributed by atoms with Crippen LogP contribution in [0.4, 0.5) is 5.69 Å². The molecule has 0 radical (unpaired) electrons. The minimum Gasteiger partial charge on any atom is -0.408 e. The zero-order valence-corrected chi connectivity index (χ0v) is 14.0. The zero-order chi connectivity index (χ0) is 18.3. The van der Waals surface area contributed by atoms with Crippen molar-refractivity contribution in [2.45, 2.75) is 6.92 Å². The Labute approximate surface area is 147 Å². The van der Waals surface area contributed by atoms with Gasteiger partial charge >= 0.3 is 5.76 Å². The van der Waals surface area contributed by atoms with E-state index >= 15 is 0 Å². The maximum absolute atomic E-state index is 11.6. The fraction of sp³-hybridized carbons (Fsp3) is 0.111. The van der Waals surface area contributed by atoms with Crippen molar-refractivity contribution in [2.24, 2.45) is 7.05 Å². The molecule has 1 N–H and O–H groups in total. The van der Waals surface area contributed by atoms with Crippen molar-refractivity contribution in [2.75, 3.05) is 5.32 Å². The molecule has 2 aromatic heterocycles. The van der Waals surface area contributed by atoms with Crippen LogP contribution in [-0.4, -0.2) is 20.6 Å². The summed E-state index contributed by atoms with van der Waals surface area (Å²) in [6.45, 7) is 1.44. The Hall–Kier alpha value is -3.68. The molecule has 0 aliphatic heterocycles. The molecule has 26 heavy (non-hydrogen) atoms. The van der Waals surface area contributed by atoms with E-state index in [1.807, 2.05) is 6.07 Å². The van der Waals surface area contributed by atoms with Crippen LogP contribution in [0.25, 0.3) is 33.9 Å². The fourth-order valence-electron chi connectivity index (χ4n) is 2.66. The molecule has 130 valence electrons. The molecule has 0 aliphatic carbocycles. The molecule has 8 heteroatoms. The van der Waals surface area contributed by atoms with Crippen LogP contribution in [0.3, 0.4) is 0 Å². The van der Waals surface area contributed by atoms with Crippen molar-refractivity contribution >= 4 is 22.7 Å². The Kier molecular flexibility index (Phi) is 3.65. The summed E-state index contributed by atoms with van der Waals surface area (Å²) in [7, 11) is 1.64. The molecule has 0 fully saturated rings. The first-order valence-corrected chi connectivity index (χ1v) is 7.83. The Bertz CT molecular complexity index is 1190. The highest BCUT2D eigenvalue weighted by Crippen LogP contribution is 2.26. The zero-order valence-electron chi connectivity index (χ0n) is 14.0.